The smallest absolute Gasteiger partial charge is 0.255 e. The van der Waals surface area contributed by atoms with Crippen LogP contribution in [0.2, 0.25) is 5.02 Å². The lowest BCUT2D eigenvalue weighted by atomic mass is 9.95. The number of piperidine rings is 1. The summed E-state index contributed by atoms with van der Waals surface area (Å²) in [7, 11) is 0. The zero-order valence-corrected chi connectivity index (χ0v) is 21.6. The highest BCUT2D eigenvalue weighted by Crippen LogP contribution is 2.29. The highest BCUT2D eigenvalue weighted by atomic mass is 35.5. The number of amides is 1. The molecule has 2 aliphatic rings. The van der Waals surface area contributed by atoms with E-state index >= 15 is 0 Å². The summed E-state index contributed by atoms with van der Waals surface area (Å²) in [5.74, 6) is 0.627. The first-order valence-electron chi connectivity index (χ1n) is 12.7. The number of rotatable bonds is 9. The third kappa shape index (κ3) is 7.32. The monoisotopic (exact) mass is 518 g/mol. The topological polar surface area (TPSA) is 80.1 Å². The average Bonchev–Trinajstić information content (AvgIpc) is 2.87. The number of anilines is 1. The molecule has 0 spiro atoms. The first-order chi connectivity index (χ1) is 17.4. The maximum absolute atomic E-state index is 13.1. The zero-order chi connectivity index (χ0) is 25.5. The van der Waals surface area contributed by atoms with Crippen LogP contribution >= 0.6 is 11.6 Å². The van der Waals surface area contributed by atoms with Crippen LogP contribution in [0, 0.1) is 11.7 Å². The standard InChI is InChI=1S/C27H36ClFN4O3/c1-2-35-26-14-25(30)24(28)13-23(26)27(34)31-15-22-18-33(11-12-36-22)17-20-7-9-32(10-8-20)16-19-3-5-21(29)6-4-19/h3-6,13-14,20,22H,2,7-12,15-18,30H2,1H3,(H,31,34). The third-order valence-electron chi connectivity index (χ3n) is 6.90. The number of carbonyl (C=O) groups excluding carboxylic acids is 1. The van der Waals surface area contributed by atoms with Crippen LogP contribution < -0.4 is 15.8 Å². The summed E-state index contributed by atoms with van der Waals surface area (Å²) in [5.41, 5.74) is 7.77. The van der Waals surface area contributed by atoms with Gasteiger partial charge in [0.2, 0.25) is 0 Å². The van der Waals surface area contributed by atoms with Crippen molar-refractivity contribution < 1.29 is 18.7 Å². The van der Waals surface area contributed by atoms with Crippen molar-refractivity contribution in [3.8, 4) is 5.75 Å². The Morgan fingerprint density at radius 2 is 1.94 bits per heavy atom. The van der Waals surface area contributed by atoms with Crippen molar-refractivity contribution in [2.24, 2.45) is 5.92 Å². The summed E-state index contributed by atoms with van der Waals surface area (Å²) >= 11 is 6.14. The van der Waals surface area contributed by atoms with Crippen molar-refractivity contribution in [3.63, 3.8) is 0 Å². The van der Waals surface area contributed by atoms with Crippen molar-refractivity contribution in [2.45, 2.75) is 32.4 Å². The van der Waals surface area contributed by atoms with Crippen LogP contribution in [0.25, 0.3) is 0 Å². The molecule has 3 N–H and O–H groups in total. The molecule has 2 fully saturated rings. The number of hydrogen-bond donors (Lipinski definition) is 2. The van der Waals surface area contributed by atoms with Gasteiger partial charge >= 0.3 is 0 Å². The van der Waals surface area contributed by atoms with Gasteiger partial charge in [-0.25, -0.2) is 4.39 Å². The number of nitrogens with one attached hydrogen (secondary N) is 1. The molecule has 1 unspecified atom stereocenters. The summed E-state index contributed by atoms with van der Waals surface area (Å²) in [4.78, 5) is 17.7. The number of carbonyl (C=O) groups is 1. The van der Waals surface area contributed by atoms with Crippen LogP contribution in [0.3, 0.4) is 0 Å². The number of nitrogens with zero attached hydrogens (tertiary/aromatic N) is 2. The predicted molar refractivity (Wildman–Crippen MR) is 140 cm³/mol. The van der Waals surface area contributed by atoms with E-state index in [0.717, 1.165) is 57.7 Å². The van der Waals surface area contributed by atoms with E-state index in [-0.39, 0.29) is 17.8 Å². The maximum atomic E-state index is 13.1. The van der Waals surface area contributed by atoms with Crippen molar-refractivity contribution in [2.75, 3.05) is 58.2 Å². The molecule has 1 atom stereocenters. The van der Waals surface area contributed by atoms with Gasteiger partial charge in [0.15, 0.2) is 0 Å². The molecule has 2 saturated heterocycles. The first kappa shape index (κ1) is 26.7. The predicted octanol–water partition coefficient (Wildman–Crippen LogP) is 3.80. The van der Waals surface area contributed by atoms with Crippen LogP contribution in [-0.4, -0.2) is 74.3 Å². The molecule has 7 nitrogen and oxygen atoms in total. The molecule has 0 aliphatic carbocycles. The van der Waals surface area contributed by atoms with E-state index < -0.39 is 0 Å². The summed E-state index contributed by atoms with van der Waals surface area (Å²) in [6.45, 7) is 9.06. The van der Waals surface area contributed by atoms with E-state index in [1.54, 1.807) is 12.1 Å². The molecule has 196 valence electrons. The molecular formula is C27H36ClFN4O3. The molecule has 2 aliphatic heterocycles. The fourth-order valence-electron chi connectivity index (χ4n) is 4.93. The summed E-state index contributed by atoms with van der Waals surface area (Å²) in [6, 6.07) is 9.93. The summed E-state index contributed by atoms with van der Waals surface area (Å²) < 4.78 is 24.6. The molecule has 2 heterocycles. The van der Waals surface area contributed by atoms with Crippen molar-refractivity contribution in [1.82, 2.24) is 15.1 Å². The second-order valence-electron chi connectivity index (χ2n) is 9.61. The van der Waals surface area contributed by atoms with E-state index in [0.29, 0.717) is 47.7 Å². The molecule has 0 bridgehead atoms. The Labute approximate surface area is 217 Å². The Kier molecular flexibility index (Phi) is 9.42. The number of nitrogens with two attached hydrogens (primary N) is 1. The van der Waals surface area contributed by atoms with Gasteiger partial charge in [-0.1, -0.05) is 23.7 Å². The van der Waals surface area contributed by atoms with Gasteiger partial charge in [-0.15, -0.1) is 0 Å². The number of morpholine rings is 1. The van der Waals surface area contributed by atoms with E-state index in [4.69, 9.17) is 26.8 Å². The minimum Gasteiger partial charge on any atom is -0.493 e. The molecule has 2 aromatic rings. The van der Waals surface area contributed by atoms with E-state index in [9.17, 15) is 9.18 Å². The normalized spacial score (nSPS) is 19.8. The van der Waals surface area contributed by atoms with Gasteiger partial charge in [0, 0.05) is 38.8 Å². The Morgan fingerprint density at radius 1 is 1.19 bits per heavy atom. The molecule has 0 aromatic heterocycles. The lowest BCUT2D eigenvalue weighted by Crippen LogP contribution is -2.49. The van der Waals surface area contributed by atoms with Gasteiger partial charge in [-0.2, -0.15) is 0 Å². The number of ether oxygens (including phenoxy) is 2. The van der Waals surface area contributed by atoms with Gasteiger partial charge in [-0.3, -0.25) is 14.6 Å². The first-order valence-corrected chi connectivity index (χ1v) is 13.1. The van der Waals surface area contributed by atoms with E-state index in [2.05, 4.69) is 15.1 Å². The fraction of sp³-hybridized carbons (Fsp3) is 0.519. The SMILES string of the molecule is CCOc1cc(N)c(Cl)cc1C(=O)NCC1CN(CC2CCN(Cc3ccc(F)cc3)CC2)CCO1. The molecular weight excluding hydrogens is 483 g/mol. The minimum absolute atomic E-state index is 0.0685. The number of likely N-dealkylation sites (tertiary alicyclic amines) is 1. The van der Waals surface area contributed by atoms with Gasteiger partial charge in [0.05, 0.1) is 35.6 Å². The number of hydrogen-bond acceptors (Lipinski definition) is 6. The molecule has 1 amide bonds. The lowest BCUT2D eigenvalue weighted by molar-refractivity contribution is -0.0337. The molecule has 4 rings (SSSR count). The molecule has 2 aromatic carbocycles. The van der Waals surface area contributed by atoms with Crippen LogP contribution in [-0.2, 0) is 11.3 Å². The second-order valence-corrected chi connectivity index (χ2v) is 10.0. The van der Waals surface area contributed by atoms with E-state index in [1.807, 2.05) is 19.1 Å². The third-order valence-corrected chi connectivity index (χ3v) is 7.23. The van der Waals surface area contributed by atoms with Gasteiger partial charge < -0.3 is 20.5 Å². The Morgan fingerprint density at radius 3 is 2.67 bits per heavy atom. The minimum atomic E-state index is -0.255. The van der Waals surface area contributed by atoms with E-state index in [1.165, 1.54) is 12.1 Å². The number of nitrogen functional groups attached to an aromatic ring is 1. The van der Waals surface area contributed by atoms with Gasteiger partial charge in [0.1, 0.15) is 11.6 Å². The zero-order valence-electron chi connectivity index (χ0n) is 20.8. The van der Waals surface area contributed by atoms with Crippen LogP contribution in [0.15, 0.2) is 36.4 Å². The lowest BCUT2D eigenvalue weighted by Gasteiger charge is -2.38. The van der Waals surface area contributed by atoms with Crippen molar-refractivity contribution in [3.05, 3.63) is 58.4 Å². The number of halogens is 2. The molecule has 36 heavy (non-hydrogen) atoms. The highest BCUT2D eigenvalue weighted by molar-refractivity contribution is 6.33. The fourth-order valence-corrected chi connectivity index (χ4v) is 5.10. The van der Waals surface area contributed by atoms with Crippen molar-refractivity contribution >= 4 is 23.2 Å². The Bertz CT molecular complexity index is 1010. The Balaban J connectivity index is 1.21. The van der Waals surface area contributed by atoms with Gasteiger partial charge in [-0.05, 0) is 62.5 Å². The molecule has 0 saturated carbocycles. The Hall–Kier alpha value is -2.39. The maximum Gasteiger partial charge on any atom is 0.255 e. The average molecular weight is 519 g/mol. The largest absolute Gasteiger partial charge is 0.493 e. The van der Waals surface area contributed by atoms with Crippen LogP contribution in [0.5, 0.6) is 5.75 Å². The van der Waals surface area contributed by atoms with Crippen LogP contribution in [0.1, 0.15) is 35.7 Å². The quantitative estimate of drug-likeness (QED) is 0.491. The molecule has 0 radical (unpaired) electrons. The van der Waals surface area contributed by atoms with Crippen molar-refractivity contribution in [1.29, 1.82) is 0 Å². The summed E-state index contributed by atoms with van der Waals surface area (Å²) in [6.07, 6.45) is 2.23. The van der Waals surface area contributed by atoms with Crippen LogP contribution in [0.4, 0.5) is 10.1 Å². The number of benzene rings is 2. The van der Waals surface area contributed by atoms with Gasteiger partial charge in [0.25, 0.3) is 5.91 Å². The summed E-state index contributed by atoms with van der Waals surface area (Å²) in [5, 5.41) is 3.30. The molecule has 9 heteroatoms. The second kappa shape index (κ2) is 12.7. The highest BCUT2D eigenvalue weighted by Gasteiger charge is 2.26.